The summed E-state index contributed by atoms with van der Waals surface area (Å²) in [5, 5.41) is 0.492. The number of hydrogen-bond donors (Lipinski definition) is 0. The van der Waals surface area contributed by atoms with E-state index in [1.54, 1.807) is 18.2 Å². The summed E-state index contributed by atoms with van der Waals surface area (Å²) >= 11 is 5.78. The van der Waals surface area contributed by atoms with Crippen LogP contribution in [0.2, 0.25) is 5.02 Å². The van der Waals surface area contributed by atoms with Gasteiger partial charge in [-0.3, -0.25) is 9.36 Å². The fourth-order valence-corrected chi connectivity index (χ4v) is 1.72. The van der Waals surface area contributed by atoms with E-state index in [4.69, 9.17) is 16.0 Å². The van der Waals surface area contributed by atoms with Crippen molar-refractivity contribution in [3.05, 3.63) is 33.8 Å². The predicted octanol–water partition coefficient (Wildman–Crippen LogP) is 1.81. The second kappa shape index (κ2) is 4.63. The van der Waals surface area contributed by atoms with Gasteiger partial charge in [-0.05, 0) is 12.1 Å². The fourth-order valence-electron chi connectivity index (χ4n) is 1.56. The van der Waals surface area contributed by atoms with Gasteiger partial charge in [0.1, 0.15) is 0 Å². The van der Waals surface area contributed by atoms with Crippen LogP contribution in [0.15, 0.2) is 27.4 Å². The fraction of sp³-hybridized carbons (Fsp3) is 0.273. The lowest BCUT2D eigenvalue weighted by atomic mass is 10.3. The van der Waals surface area contributed by atoms with Crippen LogP contribution in [0.5, 0.6) is 0 Å². The molecule has 0 radical (unpaired) electrons. The van der Waals surface area contributed by atoms with Crippen molar-refractivity contribution in [2.45, 2.75) is 13.0 Å². The van der Waals surface area contributed by atoms with Crippen LogP contribution in [0, 0.1) is 0 Å². The number of halogens is 1. The molecule has 0 saturated carbocycles. The number of carbonyl (C=O) groups excluding carboxylic acids is 1. The van der Waals surface area contributed by atoms with Crippen molar-refractivity contribution in [2.24, 2.45) is 0 Å². The highest BCUT2D eigenvalue weighted by molar-refractivity contribution is 6.31. The Morgan fingerprint density at radius 2 is 2.29 bits per heavy atom. The van der Waals surface area contributed by atoms with Gasteiger partial charge < -0.3 is 9.15 Å². The minimum Gasteiger partial charge on any atom is -0.469 e. The Morgan fingerprint density at radius 3 is 3.00 bits per heavy atom. The summed E-state index contributed by atoms with van der Waals surface area (Å²) in [5.74, 6) is -0.883. The van der Waals surface area contributed by atoms with Crippen LogP contribution in [-0.2, 0) is 16.1 Å². The van der Waals surface area contributed by atoms with Crippen molar-refractivity contribution in [3.63, 3.8) is 0 Å². The third kappa shape index (κ3) is 2.34. The first-order chi connectivity index (χ1) is 8.11. The number of nitrogens with zero attached hydrogens (tertiary/aromatic N) is 1. The van der Waals surface area contributed by atoms with E-state index in [2.05, 4.69) is 4.74 Å². The number of aromatic nitrogens is 1. The Labute approximate surface area is 102 Å². The van der Waals surface area contributed by atoms with Crippen molar-refractivity contribution < 1.29 is 13.9 Å². The first-order valence-electron chi connectivity index (χ1n) is 4.97. The number of fused-ring (bicyclic) bond motifs is 1. The number of ether oxygens (including phenoxy) is 1. The molecule has 0 spiro atoms. The number of esters is 1. The molecule has 0 saturated heterocycles. The topological polar surface area (TPSA) is 61.4 Å². The average molecular weight is 256 g/mol. The summed E-state index contributed by atoms with van der Waals surface area (Å²) in [6.07, 6.45) is 0.119. The molecule has 0 aliphatic carbocycles. The van der Waals surface area contributed by atoms with Gasteiger partial charge in [0.25, 0.3) is 0 Å². The predicted molar refractivity (Wildman–Crippen MR) is 62.1 cm³/mol. The van der Waals surface area contributed by atoms with E-state index in [9.17, 15) is 9.59 Å². The van der Waals surface area contributed by atoms with E-state index in [0.29, 0.717) is 16.1 Å². The van der Waals surface area contributed by atoms with Gasteiger partial charge in [0.2, 0.25) is 0 Å². The third-order valence-corrected chi connectivity index (χ3v) is 2.63. The number of methoxy groups -OCH3 is 1. The second-order valence-electron chi connectivity index (χ2n) is 3.46. The molecule has 1 aromatic heterocycles. The Kier molecular flexibility index (Phi) is 3.19. The van der Waals surface area contributed by atoms with E-state index < -0.39 is 5.76 Å². The molecule has 0 atom stereocenters. The highest BCUT2D eigenvalue weighted by Gasteiger charge is 2.11. The molecular weight excluding hydrogens is 246 g/mol. The summed E-state index contributed by atoms with van der Waals surface area (Å²) in [6.45, 7) is 0.222. The Hall–Kier alpha value is -1.75. The van der Waals surface area contributed by atoms with E-state index in [-0.39, 0.29) is 18.9 Å². The number of rotatable bonds is 3. The number of carbonyl (C=O) groups is 1. The zero-order valence-electron chi connectivity index (χ0n) is 9.10. The lowest BCUT2D eigenvalue weighted by molar-refractivity contribution is -0.140. The molecule has 2 aromatic rings. The van der Waals surface area contributed by atoms with Crippen LogP contribution in [-0.4, -0.2) is 17.6 Å². The smallest absolute Gasteiger partial charge is 0.419 e. The van der Waals surface area contributed by atoms with Gasteiger partial charge in [0.05, 0.1) is 19.0 Å². The van der Waals surface area contributed by atoms with Crippen LogP contribution < -0.4 is 5.76 Å². The van der Waals surface area contributed by atoms with E-state index >= 15 is 0 Å². The van der Waals surface area contributed by atoms with Crippen LogP contribution in [0.25, 0.3) is 11.1 Å². The maximum absolute atomic E-state index is 11.6. The molecule has 0 amide bonds. The monoisotopic (exact) mass is 255 g/mol. The molecule has 0 aliphatic heterocycles. The van der Waals surface area contributed by atoms with Gasteiger partial charge in [0.15, 0.2) is 5.58 Å². The molecular formula is C11H10ClNO4. The van der Waals surface area contributed by atoms with Crippen LogP contribution in [0.1, 0.15) is 6.42 Å². The molecule has 0 aliphatic rings. The number of benzene rings is 1. The number of oxazole rings is 1. The maximum Gasteiger partial charge on any atom is 0.419 e. The SMILES string of the molecule is COC(=O)CCn1c(=O)oc2cc(Cl)ccc21. The zero-order chi connectivity index (χ0) is 12.4. The van der Waals surface area contributed by atoms with Crippen molar-refractivity contribution in [1.82, 2.24) is 4.57 Å². The molecule has 5 nitrogen and oxygen atoms in total. The molecule has 1 aromatic carbocycles. The molecule has 2 rings (SSSR count). The van der Waals surface area contributed by atoms with E-state index in [0.717, 1.165) is 0 Å². The van der Waals surface area contributed by atoms with Crippen LogP contribution >= 0.6 is 11.6 Å². The summed E-state index contributed by atoms with van der Waals surface area (Å²) in [6, 6.07) is 4.90. The summed E-state index contributed by atoms with van der Waals surface area (Å²) in [4.78, 5) is 22.6. The lowest BCUT2D eigenvalue weighted by Crippen LogP contribution is -2.16. The van der Waals surface area contributed by atoms with Gasteiger partial charge in [-0.2, -0.15) is 0 Å². The molecule has 90 valence electrons. The maximum atomic E-state index is 11.6. The molecule has 1 heterocycles. The molecule has 0 fully saturated rings. The zero-order valence-corrected chi connectivity index (χ0v) is 9.86. The highest BCUT2D eigenvalue weighted by Crippen LogP contribution is 2.18. The van der Waals surface area contributed by atoms with Crippen molar-refractivity contribution >= 4 is 28.7 Å². The first-order valence-corrected chi connectivity index (χ1v) is 5.35. The van der Waals surface area contributed by atoms with Gasteiger partial charge >= 0.3 is 11.7 Å². The molecule has 17 heavy (non-hydrogen) atoms. The summed E-state index contributed by atoms with van der Waals surface area (Å²) < 4.78 is 10.9. The quantitative estimate of drug-likeness (QED) is 0.785. The van der Waals surface area contributed by atoms with Gasteiger partial charge in [-0.25, -0.2) is 4.79 Å². The number of aryl methyl sites for hydroxylation is 1. The highest BCUT2D eigenvalue weighted by atomic mass is 35.5. The summed E-state index contributed by atoms with van der Waals surface area (Å²) in [7, 11) is 1.30. The molecule has 0 bridgehead atoms. The normalized spacial score (nSPS) is 10.7. The first kappa shape index (κ1) is 11.7. The van der Waals surface area contributed by atoms with E-state index in [1.165, 1.54) is 11.7 Å². The van der Waals surface area contributed by atoms with Crippen molar-refractivity contribution in [2.75, 3.05) is 7.11 Å². The molecule has 0 unspecified atom stereocenters. The van der Waals surface area contributed by atoms with Crippen LogP contribution in [0.4, 0.5) is 0 Å². The standard InChI is InChI=1S/C11H10ClNO4/c1-16-10(14)4-5-13-8-3-2-7(12)6-9(8)17-11(13)15/h2-3,6H,4-5H2,1H3. The van der Waals surface area contributed by atoms with Crippen molar-refractivity contribution in [1.29, 1.82) is 0 Å². The third-order valence-electron chi connectivity index (χ3n) is 2.40. The van der Waals surface area contributed by atoms with Crippen LogP contribution in [0.3, 0.4) is 0 Å². The lowest BCUT2D eigenvalue weighted by Gasteiger charge is -2.00. The van der Waals surface area contributed by atoms with Gasteiger partial charge in [-0.15, -0.1) is 0 Å². The van der Waals surface area contributed by atoms with Gasteiger partial charge in [0, 0.05) is 17.6 Å². The van der Waals surface area contributed by atoms with E-state index in [1.807, 2.05) is 0 Å². The minimum absolute atomic E-state index is 0.119. The molecule has 6 heteroatoms. The Balaban J connectivity index is 2.36. The Bertz CT molecular complexity index is 613. The summed E-state index contributed by atoms with van der Waals surface area (Å²) in [5.41, 5.74) is 1.02. The molecule has 0 N–H and O–H groups in total. The minimum atomic E-state index is -0.508. The largest absolute Gasteiger partial charge is 0.469 e. The second-order valence-corrected chi connectivity index (χ2v) is 3.89. The van der Waals surface area contributed by atoms with Gasteiger partial charge in [-0.1, -0.05) is 11.6 Å². The average Bonchev–Trinajstić information content (AvgIpc) is 2.61. The Morgan fingerprint density at radius 1 is 1.53 bits per heavy atom. The number of hydrogen-bond acceptors (Lipinski definition) is 4. The van der Waals surface area contributed by atoms with Crippen molar-refractivity contribution in [3.8, 4) is 0 Å².